The number of ether oxygens (including phenoxy) is 1. The van der Waals surface area contributed by atoms with E-state index in [0.717, 1.165) is 30.7 Å². The van der Waals surface area contributed by atoms with E-state index in [9.17, 15) is 9.59 Å². The molecule has 5 nitrogen and oxygen atoms in total. The lowest BCUT2D eigenvalue weighted by Gasteiger charge is -2.33. The first-order valence-electron chi connectivity index (χ1n) is 8.63. The van der Waals surface area contributed by atoms with Gasteiger partial charge in [-0.3, -0.25) is 9.59 Å². The summed E-state index contributed by atoms with van der Waals surface area (Å²) < 4.78 is 5.38. The Labute approximate surface area is 143 Å². The lowest BCUT2D eigenvalue weighted by atomic mass is 9.92. The van der Waals surface area contributed by atoms with E-state index in [0.29, 0.717) is 25.3 Å². The molecule has 24 heavy (non-hydrogen) atoms. The Kier molecular flexibility index (Phi) is 6.64. The van der Waals surface area contributed by atoms with Gasteiger partial charge >= 0.3 is 5.97 Å². The minimum Gasteiger partial charge on any atom is -0.496 e. The van der Waals surface area contributed by atoms with E-state index in [-0.39, 0.29) is 18.2 Å². The Bertz CT molecular complexity index is 572. The minimum atomic E-state index is -0.761. The molecule has 1 aromatic carbocycles. The zero-order valence-corrected chi connectivity index (χ0v) is 14.5. The minimum absolute atomic E-state index is 0.0908. The van der Waals surface area contributed by atoms with E-state index in [1.807, 2.05) is 36.1 Å². The Morgan fingerprint density at radius 1 is 1.38 bits per heavy atom. The molecular weight excluding hydrogens is 306 g/mol. The molecule has 2 atom stereocenters. The molecule has 5 heteroatoms. The van der Waals surface area contributed by atoms with Crippen molar-refractivity contribution in [1.29, 1.82) is 0 Å². The number of amides is 1. The van der Waals surface area contributed by atoms with Crippen LogP contribution in [-0.2, 0) is 9.59 Å². The van der Waals surface area contributed by atoms with Crippen LogP contribution in [0.3, 0.4) is 0 Å². The number of aliphatic carboxylic acids is 1. The van der Waals surface area contributed by atoms with Crippen molar-refractivity contribution in [2.24, 2.45) is 5.92 Å². The molecule has 1 heterocycles. The van der Waals surface area contributed by atoms with Crippen molar-refractivity contribution in [2.45, 2.75) is 44.9 Å². The van der Waals surface area contributed by atoms with Gasteiger partial charge in [0.1, 0.15) is 5.75 Å². The number of piperidine rings is 1. The molecule has 1 N–H and O–H groups in total. The zero-order valence-electron chi connectivity index (χ0n) is 14.5. The maximum Gasteiger partial charge on any atom is 0.303 e. The second-order valence-electron chi connectivity index (χ2n) is 6.63. The third-order valence-electron chi connectivity index (χ3n) is 4.79. The molecule has 1 saturated heterocycles. The number of carbonyl (C=O) groups excluding carboxylic acids is 1. The molecule has 1 amide bonds. The third-order valence-corrected chi connectivity index (χ3v) is 4.79. The van der Waals surface area contributed by atoms with Gasteiger partial charge in [0, 0.05) is 25.9 Å². The number of benzene rings is 1. The molecule has 0 aromatic heterocycles. The van der Waals surface area contributed by atoms with Gasteiger partial charge in [0.2, 0.25) is 5.91 Å². The van der Waals surface area contributed by atoms with Gasteiger partial charge in [0.05, 0.1) is 7.11 Å². The summed E-state index contributed by atoms with van der Waals surface area (Å²) in [4.78, 5) is 25.3. The van der Waals surface area contributed by atoms with Crippen LogP contribution in [0, 0.1) is 5.92 Å². The monoisotopic (exact) mass is 333 g/mol. The molecular formula is C19H27NO4. The maximum absolute atomic E-state index is 12.6. The predicted molar refractivity (Wildman–Crippen MR) is 92.2 cm³/mol. The molecule has 0 radical (unpaired) electrons. The molecule has 1 aliphatic heterocycles. The van der Waals surface area contributed by atoms with Crippen LogP contribution in [0.25, 0.3) is 0 Å². The van der Waals surface area contributed by atoms with Crippen LogP contribution >= 0.6 is 0 Å². The lowest BCUT2D eigenvalue weighted by molar-refractivity contribution is -0.137. The largest absolute Gasteiger partial charge is 0.496 e. The van der Waals surface area contributed by atoms with Gasteiger partial charge in [-0.25, -0.2) is 0 Å². The molecule has 0 saturated carbocycles. The standard InChI is InChI=1S/C19H27NO4/c1-14(16-7-3-4-8-17(16)24-2)12-18(21)20-11-5-6-15(13-20)9-10-19(22)23/h3-4,7-8,14-15H,5-6,9-13H2,1-2H3,(H,22,23)/t14-,15-/m0/s1. The van der Waals surface area contributed by atoms with Gasteiger partial charge in [-0.1, -0.05) is 25.1 Å². The summed E-state index contributed by atoms with van der Waals surface area (Å²) in [5, 5.41) is 8.82. The van der Waals surface area contributed by atoms with Crippen molar-refractivity contribution in [1.82, 2.24) is 4.90 Å². The Balaban J connectivity index is 1.92. The van der Waals surface area contributed by atoms with E-state index in [2.05, 4.69) is 0 Å². The number of carboxylic acid groups (broad SMARTS) is 1. The first kappa shape index (κ1) is 18.3. The second-order valence-corrected chi connectivity index (χ2v) is 6.63. The Morgan fingerprint density at radius 2 is 2.12 bits per heavy atom. The Morgan fingerprint density at radius 3 is 2.83 bits per heavy atom. The predicted octanol–water partition coefficient (Wildman–Crippen LogP) is 3.29. The van der Waals surface area contributed by atoms with Crippen LogP contribution in [-0.4, -0.2) is 42.1 Å². The fourth-order valence-electron chi connectivity index (χ4n) is 3.43. The van der Waals surface area contributed by atoms with Crippen LogP contribution in [0.2, 0.25) is 0 Å². The topological polar surface area (TPSA) is 66.8 Å². The Hall–Kier alpha value is -2.04. The first-order valence-corrected chi connectivity index (χ1v) is 8.63. The summed E-state index contributed by atoms with van der Waals surface area (Å²) >= 11 is 0. The van der Waals surface area contributed by atoms with Crippen LogP contribution < -0.4 is 4.74 Å². The van der Waals surface area contributed by atoms with Crippen molar-refractivity contribution in [3.63, 3.8) is 0 Å². The summed E-state index contributed by atoms with van der Waals surface area (Å²) in [5.74, 6) is 0.598. The number of hydrogen-bond acceptors (Lipinski definition) is 3. The summed E-state index contributed by atoms with van der Waals surface area (Å²) in [5.41, 5.74) is 1.05. The molecule has 1 aromatic rings. The van der Waals surface area contributed by atoms with E-state index < -0.39 is 5.97 Å². The van der Waals surface area contributed by atoms with Gasteiger partial charge in [-0.05, 0) is 42.7 Å². The SMILES string of the molecule is COc1ccccc1[C@@H](C)CC(=O)N1CCC[C@@H](CCC(=O)O)C1. The van der Waals surface area contributed by atoms with Gasteiger partial charge in [-0.2, -0.15) is 0 Å². The number of rotatable bonds is 7. The number of carbonyl (C=O) groups is 2. The van der Waals surface area contributed by atoms with Crippen LogP contribution in [0.15, 0.2) is 24.3 Å². The average molecular weight is 333 g/mol. The number of likely N-dealkylation sites (tertiary alicyclic amines) is 1. The third kappa shape index (κ3) is 4.98. The van der Waals surface area contributed by atoms with E-state index in [4.69, 9.17) is 9.84 Å². The van der Waals surface area contributed by atoms with Crippen LogP contribution in [0.5, 0.6) is 5.75 Å². The highest BCUT2D eigenvalue weighted by Gasteiger charge is 2.25. The number of carboxylic acids is 1. The highest BCUT2D eigenvalue weighted by Crippen LogP contribution is 2.30. The van der Waals surface area contributed by atoms with Gasteiger partial charge in [0.15, 0.2) is 0 Å². The smallest absolute Gasteiger partial charge is 0.303 e. The number of para-hydroxylation sites is 1. The van der Waals surface area contributed by atoms with Crippen molar-refractivity contribution in [3.8, 4) is 5.75 Å². The molecule has 0 unspecified atom stereocenters. The fraction of sp³-hybridized carbons (Fsp3) is 0.579. The van der Waals surface area contributed by atoms with Gasteiger partial charge in [-0.15, -0.1) is 0 Å². The number of nitrogens with zero attached hydrogens (tertiary/aromatic N) is 1. The van der Waals surface area contributed by atoms with Crippen LogP contribution in [0.4, 0.5) is 0 Å². The van der Waals surface area contributed by atoms with Crippen molar-refractivity contribution < 1.29 is 19.4 Å². The summed E-state index contributed by atoms with van der Waals surface area (Å²) in [6.07, 6.45) is 3.26. The zero-order chi connectivity index (χ0) is 17.5. The average Bonchev–Trinajstić information content (AvgIpc) is 2.60. The highest BCUT2D eigenvalue weighted by atomic mass is 16.5. The second kappa shape index (κ2) is 8.71. The van der Waals surface area contributed by atoms with E-state index in [1.54, 1.807) is 7.11 Å². The number of methoxy groups -OCH3 is 1. The maximum atomic E-state index is 12.6. The quantitative estimate of drug-likeness (QED) is 0.831. The molecule has 0 spiro atoms. The molecule has 1 aliphatic rings. The van der Waals surface area contributed by atoms with Crippen molar-refractivity contribution in [3.05, 3.63) is 29.8 Å². The van der Waals surface area contributed by atoms with E-state index in [1.165, 1.54) is 0 Å². The lowest BCUT2D eigenvalue weighted by Crippen LogP contribution is -2.40. The fourth-order valence-corrected chi connectivity index (χ4v) is 3.43. The summed E-state index contributed by atoms with van der Waals surface area (Å²) in [7, 11) is 1.64. The van der Waals surface area contributed by atoms with Crippen molar-refractivity contribution in [2.75, 3.05) is 20.2 Å². The highest BCUT2D eigenvalue weighted by molar-refractivity contribution is 5.77. The number of hydrogen-bond donors (Lipinski definition) is 1. The van der Waals surface area contributed by atoms with Gasteiger partial charge in [0.25, 0.3) is 0 Å². The summed E-state index contributed by atoms with van der Waals surface area (Å²) in [6, 6.07) is 7.80. The first-order chi connectivity index (χ1) is 11.5. The molecule has 2 rings (SSSR count). The molecule has 1 fully saturated rings. The molecule has 0 bridgehead atoms. The van der Waals surface area contributed by atoms with E-state index >= 15 is 0 Å². The molecule has 132 valence electrons. The van der Waals surface area contributed by atoms with Gasteiger partial charge < -0.3 is 14.7 Å². The summed E-state index contributed by atoms with van der Waals surface area (Å²) in [6.45, 7) is 3.51. The van der Waals surface area contributed by atoms with Crippen molar-refractivity contribution >= 4 is 11.9 Å². The molecule has 0 aliphatic carbocycles. The normalized spacial score (nSPS) is 18.9. The van der Waals surface area contributed by atoms with Crippen LogP contribution in [0.1, 0.15) is 50.5 Å².